The molecule has 52 valence electrons. The maximum atomic E-state index is 5.68. The van der Waals surface area contributed by atoms with E-state index >= 15 is 0 Å². The van der Waals surface area contributed by atoms with Gasteiger partial charge in [0.15, 0.2) is 0 Å². The number of thioether (sulfide) groups is 1. The van der Waals surface area contributed by atoms with Crippen molar-refractivity contribution < 1.29 is 4.74 Å². The lowest BCUT2D eigenvalue weighted by Crippen LogP contribution is -2.45. The molecule has 2 aliphatic rings. The Hall–Kier alpha value is 0.310. The first-order chi connectivity index (χ1) is 4.41. The highest BCUT2D eigenvalue weighted by molar-refractivity contribution is 7.99. The highest BCUT2D eigenvalue weighted by Gasteiger charge is 2.39. The fourth-order valence-corrected chi connectivity index (χ4v) is 2.57. The van der Waals surface area contributed by atoms with Crippen molar-refractivity contribution in [1.82, 2.24) is 0 Å². The standard InChI is InChI=1S/C7H12OS/c1-2-7(3-1)6-9-5-4-8-7/h1-6H2. The van der Waals surface area contributed by atoms with E-state index in [1.54, 1.807) is 0 Å². The van der Waals surface area contributed by atoms with Crippen molar-refractivity contribution >= 4 is 11.8 Å². The van der Waals surface area contributed by atoms with Crippen LogP contribution in [0.15, 0.2) is 0 Å². The number of hydrogen-bond donors (Lipinski definition) is 0. The van der Waals surface area contributed by atoms with E-state index < -0.39 is 0 Å². The van der Waals surface area contributed by atoms with Gasteiger partial charge < -0.3 is 4.74 Å². The molecule has 1 spiro atoms. The number of hydrogen-bond acceptors (Lipinski definition) is 2. The summed E-state index contributed by atoms with van der Waals surface area (Å²) in [6.07, 6.45) is 4.03. The zero-order chi connectivity index (χ0) is 6.16. The topological polar surface area (TPSA) is 9.23 Å². The van der Waals surface area contributed by atoms with Gasteiger partial charge in [-0.3, -0.25) is 0 Å². The summed E-state index contributed by atoms with van der Waals surface area (Å²) in [5.74, 6) is 2.47. The summed E-state index contributed by atoms with van der Waals surface area (Å²) in [6, 6.07) is 0. The van der Waals surface area contributed by atoms with Crippen molar-refractivity contribution in [2.45, 2.75) is 24.9 Å². The van der Waals surface area contributed by atoms with Gasteiger partial charge in [0.2, 0.25) is 0 Å². The molecule has 1 aliphatic heterocycles. The molecule has 1 saturated carbocycles. The summed E-state index contributed by atoms with van der Waals surface area (Å²) in [5.41, 5.74) is 0.364. The lowest BCUT2D eigenvalue weighted by molar-refractivity contribution is -0.0794. The van der Waals surface area contributed by atoms with Crippen LogP contribution in [0.2, 0.25) is 0 Å². The lowest BCUT2D eigenvalue weighted by Gasteiger charge is -2.43. The minimum Gasteiger partial charge on any atom is -0.373 e. The molecule has 0 N–H and O–H groups in total. The van der Waals surface area contributed by atoms with E-state index in [2.05, 4.69) is 11.8 Å². The molecule has 1 saturated heterocycles. The Balaban J connectivity index is 1.93. The van der Waals surface area contributed by atoms with Gasteiger partial charge >= 0.3 is 0 Å². The van der Waals surface area contributed by atoms with Crippen molar-refractivity contribution in [2.75, 3.05) is 18.1 Å². The lowest BCUT2D eigenvalue weighted by atomic mass is 9.81. The van der Waals surface area contributed by atoms with E-state index in [4.69, 9.17) is 4.74 Å². The molecule has 0 amide bonds. The van der Waals surface area contributed by atoms with E-state index in [-0.39, 0.29) is 0 Å². The summed E-state index contributed by atoms with van der Waals surface area (Å²) in [5, 5.41) is 0. The first-order valence-corrected chi connectivity index (χ1v) is 4.79. The van der Waals surface area contributed by atoms with Crippen molar-refractivity contribution in [3.05, 3.63) is 0 Å². The highest BCUT2D eigenvalue weighted by Crippen LogP contribution is 2.40. The summed E-state index contributed by atoms with van der Waals surface area (Å²) in [7, 11) is 0. The molecule has 1 heterocycles. The van der Waals surface area contributed by atoms with Gasteiger partial charge in [-0.1, -0.05) is 0 Å². The summed E-state index contributed by atoms with van der Waals surface area (Å²) in [6.45, 7) is 0.991. The fraction of sp³-hybridized carbons (Fsp3) is 1.00. The molecule has 2 heteroatoms. The van der Waals surface area contributed by atoms with Gasteiger partial charge in [0, 0.05) is 11.5 Å². The smallest absolute Gasteiger partial charge is 0.0772 e. The van der Waals surface area contributed by atoms with Crippen molar-refractivity contribution in [3.63, 3.8) is 0 Å². The molecule has 0 aromatic carbocycles. The zero-order valence-electron chi connectivity index (χ0n) is 5.56. The Morgan fingerprint density at radius 1 is 1.33 bits per heavy atom. The average molecular weight is 144 g/mol. The Labute approximate surface area is 60.2 Å². The van der Waals surface area contributed by atoms with Crippen LogP contribution in [0.4, 0.5) is 0 Å². The third-order valence-corrected chi connectivity index (χ3v) is 3.45. The van der Waals surface area contributed by atoms with E-state index in [9.17, 15) is 0 Å². The highest BCUT2D eigenvalue weighted by atomic mass is 32.2. The molecule has 0 bridgehead atoms. The molecule has 1 nitrogen and oxygen atoms in total. The van der Waals surface area contributed by atoms with E-state index in [1.165, 1.54) is 30.8 Å². The second kappa shape index (κ2) is 2.17. The molecule has 0 aromatic heterocycles. The van der Waals surface area contributed by atoms with E-state index in [0.29, 0.717) is 5.60 Å². The Kier molecular flexibility index (Phi) is 1.46. The summed E-state index contributed by atoms with van der Waals surface area (Å²) in [4.78, 5) is 0. The van der Waals surface area contributed by atoms with Crippen LogP contribution in [-0.4, -0.2) is 23.7 Å². The predicted octanol–water partition coefficient (Wildman–Crippen LogP) is 1.67. The van der Waals surface area contributed by atoms with Gasteiger partial charge in [-0.05, 0) is 19.3 Å². The maximum Gasteiger partial charge on any atom is 0.0772 e. The summed E-state index contributed by atoms with van der Waals surface area (Å²) < 4.78 is 5.68. The maximum absolute atomic E-state index is 5.68. The zero-order valence-corrected chi connectivity index (χ0v) is 6.38. The van der Waals surface area contributed by atoms with Gasteiger partial charge in [0.05, 0.1) is 12.2 Å². The monoisotopic (exact) mass is 144 g/mol. The van der Waals surface area contributed by atoms with Crippen LogP contribution in [0.25, 0.3) is 0 Å². The van der Waals surface area contributed by atoms with Gasteiger partial charge in [-0.2, -0.15) is 11.8 Å². The normalized spacial score (nSPS) is 32.0. The van der Waals surface area contributed by atoms with Crippen LogP contribution < -0.4 is 0 Å². The molecular formula is C7H12OS. The SMILES string of the molecule is C1CC2(C1)CSCCO2. The minimum atomic E-state index is 0.364. The van der Waals surface area contributed by atoms with Crippen LogP contribution in [0, 0.1) is 0 Å². The Bertz CT molecular complexity index is 101. The average Bonchev–Trinajstić information content (AvgIpc) is 1.87. The molecule has 1 aliphatic carbocycles. The van der Waals surface area contributed by atoms with Gasteiger partial charge in [-0.15, -0.1) is 0 Å². The first-order valence-electron chi connectivity index (χ1n) is 3.63. The van der Waals surface area contributed by atoms with Crippen molar-refractivity contribution in [1.29, 1.82) is 0 Å². The molecular weight excluding hydrogens is 132 g/mol. The van der Waals surface area contributed by atoms with Crippen LogP contribution >= 0.6 is 11.8 Å². The van der Waals surface area contributed by atoms with Crippen LogP contribution in [0.1, 0.15) is 19.3 Å². The van der Waals surface area contributed by atoms with Crippen LogP contribution in [0.3, 0.4) is 0 Å². The van der Waals surface area contributed by atoms with Gasteiger partial charge in [-0.25, -0.2) is 0 Å². The fourth-order valence-electron chi connectivity index (χ4n) is 1.48. The van der Waals surface area contributed by atoms with Crippen LogP contribution in [-0.2, 0) is 4.74 Å². The first kappa shape index (κ1) is 6.05. The Morgan fingerprint density at radius 2 is 2.22 bits per heavy atom. The molecule has 2 rings (SSSR count). The third-order valence-electron chi connectivity index (χ3n) is 2.27. The Morgan fingerprint density at radius 3 is 2.56 bits per heavy atom. The van der Waals surface area contributed by atoms with E-state index in [1.807, 2.05) is 0 Å². The second-order valence-corrected chi connectivity index (χ2v) is 4.04. The predicted molar refractivity (Wildman–Crippen MR) is 39.9 cm³/mol. The number of rotatable bonds is 0. The summed E-state index contributed by atoms with van der Waals surface area (Å²) >= 11 is 2.05. The van der Waals surface area contributed by atoms with E-state index in [0.717, 1.165) is 6.61 Å². The largest absolute Gasteiger partial charge is 0.373 e. The van der Waals surface area contributed by atoms with Crippen LogP contribution in [0.5, 0.6) is 0 Å². The molecule has 0 unspecified atom stereocenters. The van der Waals surface area contributed by atoms with Gasteiger partial charge in [0.25, 0.3) is 0 Å². The van der Waals surface area contributed by atoms with Crippen molar-refractivity contribution in [3.8, 4) is 0 Å². The molecule has 0 atom stereocenters. The molecule has 2 fully saturated rings. The molecule has 0 aromatic rings. The number of ether oxygens (including phenoxy) is 1. The second-order valence-electron chi connectivity index (χ2n) is 2.94. The molecule has 9 heavy (non-hydrogen) atoms. The van der Waals surface area contributed by atoms with Crippen molar-refractivity contribution in [2.24, 2.45) is 0 Å². The minimum absolute atomic E-state index is 0.364. The van der Waals surface area contributed by atoms with Gasteiger partial charge in [0.1, 0.15) is 0 Å². The quantitative estimate of drug-likeness (QED) is 0.511. The third kappa shape index (κ3) is 0.987. The molecule has 0 radical (unpaired) electrons.